The highest BCUT2D eigenvalue weighted by atomic mass is 32.2. The molecule has 0 aromatic heterocycles. The second-order valence-electron chi connectivity index (χ2n) is 3.11. The quantitative estimate of drug-likeness (QED) is 0.603. The first-order valence-electron chi connectivity index (χ1n) is 4.37. The maximum atomic E-state index is 10.7. The Bertz CT molecular complexity index is 440. The van der Waals surface area contributed by atoms with Crippen LogP contribution < -0.4 is 5.73 Å². The van der Waals surface area contributed by atoms with Crippen molar-refractivity contribution in [1.29, 1.82) is 0 Å². The Hall–Kier alpha value is -1.12. The fraction of sp³-hybridized carbons (Fsp3) is 0.333. The number of hydrogen-bond acceptors (Lipinski definition) is 3. The van der Waals surface area contributed by atoms with Crippen molar-refractivity contribution in [2.24, 2.45) is 5.73 Å². The van der Waals surface area contributed by atoms with Crippen LogP contribution in [-0.4, -0.2) is 18.5 Å². The molecule has 8 heteroatoms. The number of rotatable bonds is 1. The Morgan fingerprint density at radius 1 is 1.24 bits per heavy atom. The SMILES string of the molecule is Cc1ccc(CN)cc1.O=S(=O)(O)C(F)(F)F. The molecule has 4 nitrogen and oxygen atoms in total. The van der Waals surface area contributed by atoms with E-state index in [-0.39, 0.29) is 0 Å². The van der Waals surface area contributed by atoms with Gasteiger partial charge in [-0.1, -0.05) is 29.8 Å². The van der Waals surface area contributed by atoms with Gasteiger partial charge in [0.1, 0.15) is 0 Å². The summed E-state index contributed by atoms with van der Waals surface area (Å²) >= 11 is 0. The molecular formula is C9H12F3NO3S. The highest BCUT2D eigenvalue weighted by Gasteiger charge is 2.44. The summed E-state index contributed by atoms with van der Waals surface area (Å²) in [5, 5.41) is 0. The molecule has 0 aliphatic carbocycles. The molecule has 1 rings (SSSR count). The van der Waals surface area contributed by atoms with Crippen molar-refractivity contribution in [2.75, 3.05) is 0 Å². The van der Waals surface area contributed by atoms with Crippen LogP contribution >= 0.6 is 0 Å². The lowest BCUT2D eigenvalue weighted by Crippen LogP contribution is -2.21. The van der Waals surface area contributed by atoms with Gasteiger partial charge in [0.05, 0.1) is 0 Å². The van der Waals surface area contributed by atoms with Gasteiger partial charge in [-0.25, -0.2) is 0 Å². The topological polar surface area (TPSA) is 80.4 Å². The molecule has 0 amide bonds. The molecule has 0 bridgehead atoms. The first-order valence-corrected chi connectivity index (χ1v) is 5.81. The Labute approximate surface area is 97.0 Å². The third-order valence-electron chi connectivity index (χ3n) is 1.65. The molecule has 0 atom stereocenters. The van der Waals surface area contributed by atoms with Crippen LogP contribution in [0.3, 0.4) is 0 Å². The average molecular weight is 271 g/mol. The van der Waals surface area contributed by atoms with Gasteiger partial charge in [0.25, 0.3) is 0 Å². The number of hydrogen-bond donors (Lipinski definition) is 2. The van der Waals surface area contributed by atoms with E-state index in [9.17, 15) is 13.2 Å². The van der Waals surface area contributed by atoms with Crippen molar-refractivity contribution in [1.82, 2.24) is 0 Å². The van der Waals surface area contributed by atoms with Crippen molar-refractivity contribution in [3.05, 3.63) is 35.4 Å². The summed E-state index contributed by atoms with van der Waals surface area (Å²) in [5.41, 5.74) is 2.34. The molecular weight excluding hydrogens is 259 g/mol. The highest BCUT2D eigenvalue weighted by molar-refractivity contribution is 7.86. The number of benzene rings is 1. The van der Waals surface area contributed by atoms with Crippen LogP contribution in [-0.2, 0) is 16.7 Å². The summed E-state index contributed by atoms with van der Waals surface area (Å²) in [6.07, 6.45) is 0. The maximum absolute atomic E-state index is 10.7. The second kappa shape index (κ2) is 5.99. The number of alkyl halides is 3. The number of aryl methyl sites for hydroxylation is 1. The predicted octanol–water partition coefficient (Wildman–Crippen LogP) is 1.85. The van der Waals surface area contributed by atoms with E-state index in [0.717, 1.165) is 0 Å². The summed E-state index contributed by atoms with van der Waals surface area (Å²) in [7, 11) is -5.84. The molecule has 17 heavy (non-hydrogen) atoms. The monoisotopic (exact) mass is 271 g/mol. The smallest absolute Gasteiger partial charge is 0.326 e. The average Bonchev–Trinajstić information content (AvgIpc) is 2.17. The Morgan fingerprint density at radius 2 is 1.59 bits per heavy atom. The molecule has 1 aromatic rings. The standard InChI is InChI=1S/C8H11N.CHF3O3S/c1-7-2-4-8(6-9)5-3-7;2-1(3,4)8(5,6)7/h2-5H,6,9H2,1H3;(H,5,6,7). The zero-order valence-electron chi connectivity index (χ0n) is 8.90. The highest BCUT2D eigenvalue weighted by Crippen LogP contribution is 2.20. The lowest BCUT2D eigenvalue weighted by molar-refractivity contribution is -0.0510. The Balaban J connectivity index is 0.000000304. The van der Waals surface area contributed by atoms with Crippen LogP contribution in [0.5, 0.6) is 0 Å². The van der Waals surface area contributed by atoms with E-state index >= 15 is 0 Å². The van der Waals surface area contributed by atoms with Gasteiger partial charge in [0.2, 0.25) is 0 Å². The molecule has 0 heterocycles. The van der Waals surface area contributed by atoms with Crippen LogP contribution in [0.25, 0.3) is 0 Å². The molecule has 1 aromatic carbocycles. The molecule has 0 aliphatic rings. The lowest BCUT2D eigenvalue weighted by Gasteiger charge is -1.97. The third-order valence-corrected chi connectivity index (χ3v) is 2.23. The fourth-order valence-electron chi connectivity index (χ4n) is 0.724. The molecule has 0 saturated carbocycles. The van der Waals surface area contributed by atoms with Crippen LogP contribution in [0.15, 0.2) is 24.3 Å². The number of halogens is 3. The van der Waals surface area contributed by atoms with Crippen LogP contribution in [0.1, 0.15) is 11.1 Å². The summed E-state index contributed by atoms with van der Waals surface area (Å²) in [6.45, 7) is 2.71. The maximum Gasteiger partial charge on any atom is 0.522 e. The van der Waals surface area contributed by atoms with E-state index in [4.69, 9.17) is 18.7 Å². The minimum atomic E-state index is -5.84. The van der Waals surface area contributed by atoms with Gasteiger partial charge >= 0.3 is 15.6 Å². The van der Waals surface area contributed by atoms with Crippen LogP contribution in [0, 0.1) is 6.92 Å². The summed E-state index contributed by atoms with van der Waals surface area (Å²) in [6, 6.07) is 8.25. The summed E-state index contributed by atoms with van der Waals surface area (Å²) < 4.78 is 57.5. The largest absolute Gasteiger partial charge is 0.522 e. The van der Waals surface area contributed by atoms with Gasteiger partial charge in [-0.2, -0.15) is 21.6 Å². The zero-order valence-corrected chi connectivity index (χ0v) is 9.72. The zero-order chi connectivity index (χ0) is 13.7. The normalized spacial score (nSPS) is 11.6. The van der Waals surface area contributed by atoms with E-state index in [0.29, 0.717) is 6.54 Å². The number of nitrogens with two attached hydrogens (primary N) is 1. The van der Waals surface area contributed by atoms with Gasteiger partial charge in [0.15, 0.2) is 0 Å². The Kier molecular flexibility index (Phi) is 5.59. The fourth-order valence-corrected chi connectivity index (χ4v) is 0.724. The van der Waals surface area contributed by atoms with Crippen molar-refractivity contribution < 1.29 is 26.1 Å². The molecule has 0 fully saturated rings. The molecule has 98 valence electrons. The van der Waals surface area contributed by atoms with E-state index in [1.807, 2.05) is 0 Å². The van der Waals surface area contributed by atoms with Crippen molar-refractivity contribution in [3.8, 4) is 0 Å². The van der Waals surface area contributed by atoms with Crippen molar-refractivity contribution in [2.45, 2.75) is 19.0 Å². The minimum absolute atomic E-state index is 0.639. The summed E-state index contributed by atoms with van der Waals surface area (Å²) in [4.78, 5) is 0. The van der Waals surface area contributed by atoms with E-state index in [1.165, 1.54) is 11.1 Å². The van der Waals surface area contributed by atoms with Gasteiger partial charge in [-0.3, -0.25) is 4.55 Å². The second-order valence-corrected chi connectivity index (χ2v) is 4.52. The molecule has 0 spiro atoms. The molecule has 0 aliphatic heterocycles. The van der Waals surface area contributed by atoms with E-state index in [1.54, 1.807) is 0 Å². The van der Waals surface area contributed by atoms with E-state index in [2.05, 4.69) is 31.2 Å². The molecule has 0 saturated heterocycles. The first-order chi connectivity index (χ1) is 7.58. The lowest BCUT2D eigenvalue weighted by atomic mass is 10.2. The van der Waals surface area contributed by atoms with E-state index < -0.39 is 15.6 Å². The van der Waals surface area contributed by atoms with Crippen LogP contribution in [0.4, 0.5) is 13.2 Å². The predicted molar refractivity (Wildman–Crippen MR) is 56.7 cm³/mol. The Morgan fingerprint density at radius 3 is 1.82 bits per heavy atom. The minimum Gasteiger partial charge on any atom is -0.326 e. The third kappa shape index (κ3) is 6.25. The van der Waals surface area contributed by atoms with Crippen molar-refractivity contribution in [3.63, 3.8) is 0 Å². The van der Waals surface area contributed by atoms with Crippen molar-refractivity contribution >= 4 is 10.1 Å². The van der Waals surface area contributed by atoms with Gasteiger partial charge < -0.3 is 5.73 Å². The molecule has 0 radical (unpaired) electrons. The molecule has 0 unspecified atom stereocenters. The van der Waals surface area contributed by atoms with Gasteiger partial charge in [-0.15, -0.1) is 0 Å². The summed E-state index contributed by atoms with van der Waals surface area (Å²) in [5.74, 6) is 0. The molecule has 3 N–H and O–H groups in total. The van der Waals surface area contributed by atoms with Crippen LogP contribution in [0.2, 0.25) is 0 Å². The first kappa shape index (κ1) is 15.9. The van der Waals surface area contributed by atoms with Gasteiger partial charge in [0, 0.05) is 6.54 Å². The van der Waals surface area contributed by atoms with Gasteiger partial charge in [-0.05, 0) is 12.5 Å².